The lowest BCUT2D eigenvalue weighted by atomic mass is 10.1. The van der Waals surface area contributed by atoms with Crippen molar-refractivity contribution < 1.29 is 4.74 Å². The highest BCUT2D eigenvalue weighted by molar-refractivity contribution is 4.59. The van der Waals surface area contributed by atoms with E-state index in [9.17, 15) is 0 Å². The Kier molecular flexibility index (Phi) is 10.4. The monoisotopic (exact) mass is 215 g/mol. The van der Waals surface area contributed by atoms with Gasteiger partial charge in [0.2, 0.25) is 0 Å². The molecule has 0 rings (SSSR count). The summed E-state index contributed by atoms with van der Waals surface area (Å²) in [7, 11) is 0. The molecule has 0 fully saturated rings. The van der Waals surface area contributed by atoms with E-state index in [0.29, 0.717) is 12.0 Å². The van der Waals surface area contributed by atoms with Crippen LogP contribution in [0.1, 0.15) is 53.4 Å². The van der Waals surface area contributed by atoms with E-state index >= 15 is 0 Å². The summed E-state index contributed by atoms with van der Waals surface area (Å²) in [4.78, 5) is 0. The third kappa shape index (κ3) is 11.8. The molecule has 0 aliphatic heterocycles. The average molecular weight is 215 g/mol. The van der Waals surface area contributed by atoms with Crippen molar-refractivity contribution in [2.45, 2.75) is 59.4 Å². The van der Waals surface area contributed by atoms with Gasteiger partial charge in [-0.1, -0.05) is 20.8 Å². The van der Waals surface area contributed by atoms with E-state index in [-0.39, 0.29) is 0 Å². The third-order valence-electron chi connectivity index (χ3n) is 2.37. The summed E-state index contributed by atoms with van der Waals surface area (Å²) >= 11 is 0. The number of hydrogen-bond acceptors (Lipinski definition) is 2. The molecule has 92 valence electrons. The van der Waals surface area contributed by atoms with Gasteiger partial charge >= 0.3 is 0 Å². The molecular weight excluding hydrogens is 186 g/mol. The van der Waals surface area contributed by atoms with Crippen molar-refractivity contribution in [1.29, 1.82) is 0 Å². The summed E-state index contributed by atoms with van der Waals surface area (Å²) in [5.41, 5.74) is 0. The van der Waals surface area contributed by atoms with Gasteiger partial charge in [-0.2, -0.15) is 0 Å². The number of hydrogen-bond donors (Lipinski definition) is 1. The predicted octanol–water partition coefficient (Wildman–Crippen LogP) is 3.22. The molecule has 0 radical (unpaired) electrons. The standard InChI is InChI=1S/C13H29NO/c1-5-9-14-13(4)8-6-7-10-15-11-12(2)3/h12-14H,5-11H2,1-4H3. The molecule has 0 aliphatic rings. The van der Waals surface area contributed by atoms with Gasteiger partial charge in [-0.25, -0.2) is 0 Å². The van der Waals surface area contributed by atoms with Gasteiger partial charge in [0.25, 0.3) is 0 Å². The van der Waals surface area contributed by atoms with Crippen LogP contribution in [-0.4, -0.2) is 25.8 Å². The Morgan fingerprint density at radius 3 is 2.47 bits per heavy atom. The van der Waals surface area contributed by atoms with E-state index in [0.717, 1.165) is 19.8 Å². The Bertz CT molecular complexity index is 126. The lowest BCUT2D eigenvalue weighted by Gasteiger charge is -2.12. The van der Waals surface area contributed by atoms with Gasteiger partial charge < -0.3 is 10.1 Å². The Morgan fingerprint density at radius 1 is 1.13 bits per heavy atom. The smallest absolute Gasteiger partial charge is 0.0488 e. The molecule has 2 heteroatoms. The fraction of sp³-hybridized carbons (Fsp3) is 1.00. The third-order valence-corrected chi connectivity index (χ3v) is 2.37. The molecule has 0 bridgehead atoms. The van der Waals surface area contributed by atoms with E-state index in [1.807, 2.05) is 0 Å². The van der Waals surface area contributed by atoms with Gasteiger partial charge in [-0.15, -0.1) is 0 Å². The summed E-state index contributed by atoms with van der Waals surface area (Å²) in [6.45, 7) is 11.8. The molecule has 0 aliphatic carbocycles. The Hall–Kier alpha value is -0.0800. The van der Waals surface area contributed by atoms with Gasteiger partial charge in [-0.3, -0.25) is 0 Å². The van der Waals surface area contributed by atoms with Crippen LogP contribution < -0.4 is 5.32 Å². The highest BCUT2D eigenvalue weighted by Crippen LogP contribution is 2.02. The first kappa shape index (κ1) is 14.9. The molecule has 0 aromatic rings. The molecule has 0 saturated heterocycles. The summed E-state index contributed by atoms with van der Waals surface area (Å²) in [6, 6.07) is 0.662. The van der Waals surface area contributed by atoms with Gasteiger partial charge in [0, 0.05) is 19.3 Å². The second kappa shape index (κ2) is 10.4. The molecule has 0 spiro atoms. The quantitative estimate of drug-likeness (QED) is 0.565. The number of unbranched alkanes of at least 4 members (excludes halogenated alkanes) is 1. The first-order valence-electron chi connectivity index (χ1n) is 6.48. The summed E-state index contributed by atoms with van der Waals surface area (Å²) < 4.78 is 5.54. The second-order valence-corrected chi connectivity index (χ2v) is 4.82. The normalized spacial score (nSPS) is 13.4. The maximum Gasteiger partial charge on any atom is 0.0488 e. The zero-order chi connectivity index (χ0) is 11.5. The molecule has 0 saturated carbocycles. The van der Waals surface area contributed by atoms with Crippen molar-refractivity contribution in [3.05, 3.63) is 0 Å². The highest BCUT2D eigenvalue weighted by Gasteiger charge is 2.00. The van der Waals surface area contributed by atoms with Crippen LogP contribution in [0.3, 0.4) is 0 Å². The van der Waals surface area contributed by atoms with Crippen LogP contribution >= 0.6 is 0 Å². The van der Waals surface area contributed by atoms with Crippen molar-refractivity contribution in [3.63, 3.8) is 0 Å². The van der Waals surface area contributed by atoms with Crippen molar-refractivity contribution in [3.8, 4) is 0 Å². The molecule has 1 atom stereocenters. The Morgan fingerprint density at radius 2 is 1.87 bits per heavy atom. The van der Waals surface area contributed by atoms with Gasteiger partial charge in [-0.05, 0) is 45.1 Å². The first-order valence-corrected chi connectivity index (χ1v) is 6.48. The zero-order valence-corrected chi connectivity index (χ0v) is 11.0. The molecule has 2 nitrogen and oxygen atoms in total. The van der Waals surface area contributed by atoms with Crippen molar-refractivity contribution in [1.82, 2.24) is 5.32 Å². The minimum absolute atomic E-state index is 0.662. The molecule has 15 heavy (non-hydrogen) atoms. The first-order chi connectivity index (χ1) is 7.16. The van der Waals surface area contributed by atoms with E-state index in [1.165, 1.54) is 25.7 Å². The molecule has 0 amide bonds. The molecule has 1 unspecified atom stereocenters. The van der Waals surface area contributed by atoms with E-state index in [4.69, 9.17) is 4.74 Å². The Labute approximate surface area is 95.8 Å². The maximum atomic E-state index is 5.54. The van der Waals surface area contributed by atoms with Crippen LogP contribution in [0.25, 0.3) is 0 Å². The van der Waals surface area contributed by atoms with Gasteiger partial charge in [0.1, 0.15) is 0 Å². The number of rotatable bonds is 10. The Balaban J connectivity index is 3.09. The van der Waals surface area contributed by atoms with Crippen LogP contribution in [0.15, 0.2) is 0 Å². The molecular formula is C13H29NO. The van der Waals surface area contributed by atoms with Crippen molar-refractivity contribution >= 4 is 0 Å². The maximum absolute atomic E-state index is 5.54. The molecule has 0 aromatic carbocycles. The summed E-state index contributed by atoms with van der Waals surface area (Å²) in [6.07, 6.45) is 4.97. The summed E-state index contributed by atoms with van der Waals surface area (Å²) in [5, 5.41) is 3.50. The topological polar surface area (TPSA) is 21.3 Å². The van der Waals surface area contributed by atoms with E-state index in [2.05, 4.69) is 33.0 Å². The lowest BCUT2D eigenvalue weighted by molar-refractivity contribution is 0.106. The van der Waals surface area contributed by atoms with Crippen LogP contribution in [0.5, 0.6) is 0 Å². The number of nitrogens with one attached hydrogen (secondary N) is 1. The van der Waals surface area contributed by atoms with Crippen LogP contribution in [0.4, 0.5) is 0 Å². The largest absolute Gasteiger partial charge is 0.381 e. The van der Waals surface area contributed by atoms with Gasteiger partial charge in [0.15, 0.2) is 0 Å². The van der Waals surface area contributed by atoms with Crippen LogP contribution in [0.2, 0.25) is 0 Å². The minimum atomic E-state index is 0.662. The van der Waals surface area contributed by atoms with E-state index < -0.39 is 0 Å². The minimum Gasteiger partial charge on any atom is -0.381 e. The second-order valence-electron chi connectivity index (χ2n) is 4.82. The predicted molar refractivity (Wildman–Crippen MR) is 67.3 cm³/mol. The summed E-state index contributed by atoms with van der Waals surface area (Å²) in [5.74, 6) is 0.662. The number of ether oxygens (including phenoxy) is 1. The van der Waals surface area contributed by atoms with Crippen LogP contribution in [0, 0.1) is 5.92 Å². The van der Waals surface area contributed by atoms with Crippen LogP contribution in [-0.2, 0) is 4.74 Å². The fourth-order valence-corrected chi connectivity index (χ4v) is 1.47. The van der Waals surface area contributed by atoms with E-state index in [1.54, 1.807) is 0 Å². The lowest BCUT2D eigenvalue weighted by Crippen LogP contribution is -2.26. The molecule has 0 heterocycles. The van der Waals surface area contributed by atoms with Crippen molar-refractivity contribution in [2.24, 2.45) is 5.92 Å². The molecule has 1 N–H and O–H groups in total. The fourth-order valence-electron chi connectivity index (χ4n) is 1.47. The molecule has 0 aromatic heterocycles. The van der Waals surface area contributed by atoms with Gasteiger partial charge in [0.05, 0.1) is 0 Å². The average Bonchev–Trinajstić information content (AvgIpc) is 2.19. The SMILES string of the molecule is CCCNC(C)CCCCOCC(C)C. The van der Waals surface area contributed by atoms with Crippen molar-refractivity contribution in [2.75, 3.05) is 19.8 Å². The zero-order valence-electron chi connectivity index (χ0n) is 11.0. The highest BCUT2D eigenvalue weighted by atomic mass is 16.5.